The van der Waals surface area contributed by atoms with Gasteiger partial charge in [0, 0.05) is 13.1 Å². The standard InChI is InChI=1S/C17H26N2O4S/c1-4-23-16-9-7-15(8-10-16)19(24(3,21)22)13-17(20)18-11-5-6-14(2)12-18/h7-10,14H,4-6,11-13H2,1-3H3/t14-/m0/s1. The molecule has 0 radical (unpaired) electrons. The van der Waals surface area contributed by atoms with Crippen molar-refractivity contribution in [3.8, 4) is 5.75 Å². The third-order valence-corrected chi connectivity index (χ3v) is 5.27. The smallest absolute Gasteiger partial charge is 0.243 e. The van der Waals surface area contributed by atoms with Crippen molar-refractivity contribution in [1.82, 2.24) is 4.90 Å². The van der Waals surface area contributed by atoms with Gasteiger partial charge >= 0.3 is 0 Å². The SMILES string of the molecule is CCOc1ccc(N(CC(=O)N2CCC[C@H](C)C2)S(C)(=O)=O)cc1. The van der Waals surface area contributed by atoms with Gasteiger partial charge in [-0.15, -0.1) is 0 Å². The van der Waals surface area contributed by atoms with Crippen molar-refractivity contribution in [3.63, 3.8) is 0 Å². The molecule has 0 aliphatic carbocycles. The Balaban J connectivity index is 2.15. The van der Waals surface area contributed by atoms with Crippen molar-refractivity contribution in [2.45, 2.75) is 26.7 Å². The van der Waals surface area contributed by atoms with E-state index in [-0.39, 0.29) is 12.5 Å². The normalized spacial score (nSPS) is 18.3. The van der Waals surface area contributed by atoms with Crippen LogP contribution in [-0.2, 0) is 14.8 Å². The van der Waals surface area contributed by atoms with Crippen LogP contribution in [0.25, 0.3) is 0 Å². The van der Waals surface area contributed by atoms with Gasteiger partial charge in [-0.05, 0) is 49.9 Å². The van der Waals surface area contributed by atoms with Crippen LogP contribution in [0.3, 0.4) is 0 Å². The average Bonchev–Trinajstić information content (AvgIpc) is 2.52. The minimum Gasteiger partial charge on any atom is -0.494 e. The molecule has 1 atom stereocenters. The molecule has 1 aliphatic rings. The monoisotopic (exact) mass is 354 g/mol. The van der Waals surface area contributed by atoms with E-state index in [4.69, 9.17) is 4.74 Å². The van der Waals surface area contributed by atoms with Crippen molar-refractivity contribution in [2.75, 3.05) is 36.8 Å². The van der Waals surface area contributed by atoms with E-state index >= 15 is 0 Å². The number of amides is 1. The van der Waals surface area contributed by atoms with Gasteiger partial charge in [-0.3, -0.25) is 9.10 Å². The predicted octanol–water partition coefficient (Wildman–Crippen LogP) is 2.11. The fourth-order valence-corrected chi connectivity index (χ4v) is 3.76. The van der Waals surface area contributed by atoms with Gasteiger partial charge in [0.2, 0.25) is 15.9 Å². The second-order valence-electron chi connectivity index (χ2n) is 6.28. The first-order valence-corrected chi connectivity index (χ1v) is 10.1. The number of carbonyl (C=O) groups is 1. The molecule has 0 saturated carbocycles. The maximum Gasteiger partial charge on any atom is 0.243 e. The number of carbonyl (C=O) groups excluding carboxylic acids is 1. The molecule has 134 valence electrons. The van der Waals surface area contributed by atoms with Crippen LogP contribution in [0.2, 0.25) is 0 Å². The maximum absolute atomic E-state index is 12.5. The fourth-order valence-electron chi connectivity index (χ4n) is 2.91. The molecule has 1 saturated heterocycles. The Bertz CT molecular complexity index is 658. The van der Waals surface area contributed by atoms with E-state index < -0.39 is 10.0 Å². The molecular weight excluding hydrogens is 328 g/mol. The zero-order valence-corrected chi connectivity index (χ0v) is 15.4. The molecule has 1 amide bonds. The van der Waals surface area contributed by atoms with E-state index in [0.29, 0.717) is 37.1 Å². The summed E-state index contributed by atoms with van der Waals surface area (Å²) in [5, 5.41) is 0. The Kier molecular flexibility index (Phi) is 6.10. The molecule has 2 rings (SSSR count). The van der Waals surface area contributed by atoms with Crippen LogP contribution in [0.5, 0.6) is 5.75 Å². The summed E-state index contributed by atoms with van der Waals surface area (Å²) in [4.78, 5) is 14.3. The van der Waals surface area contributed by atoms with E-state index in [1.54, 1.807) is 29.2 Å². The molecule has 6 nitrogen and oxygen atoms in total. The number of sulfonamides is 1. The molecule has 1 aromatic carbocycles. The third-order valence-electron chi connectivity index (χ3n) is 4.12. The van der Waals surface area contributed by atoms with Gasteiger partial charge < -0.3 is 9.64 Å². The quantitative estimate of drug-likeness (QED) is 0.785. The molecule has 0 aromatic heterocycles. The van der Waals surface area contributed by atoms with Crippen LogP contribution in [0.4, 0.5) is 5.69 Å². The minimum absolute atomic E-state index is 0.152. The number of nitrogens with zero attached hydrogens (tertiary/aromatic N) is 2. The first kappa shape index (κ1) is 18.6. The number of ether oxygens (including phenoxy) is 1. The molecule has 1 fully saturated rings. The second kappa shape index (κ2) is 7.88. The summed E-state index contributed by atoms with van der Waals surface area (Å²) in [5.41, 5.74) is 0.472. The Hall–Kier alpha value is -1.76. The number of hydrogen-bond donors (Lipinski definition) is 0. The molecule has 1 aliphatic heterocycles. The molecular formula is C17H26N2O4S. The number of likely N-dealkylation sites (tertiary alicyclic amines) is 1. The van der Waals surface area contributed by atoms with E-state index in [9.17, 15) is 13.2 Å². The van der Waals surface area contributed by atoms with E-state index in [1.807, 2.05) is 6.92 Å². The summed E-state index contributed by atoms with van der Waals surface area (Å²) < 4.78 is 30.8. The molecule has 1 aromatic rings. The van der Waals surface area contributed by atoms with Gasteiger partial charge in [-0.1, -0.05) is 6.92 Å². The lowest BCUT2D eigenvalue weighted by atomic mass is 10.0. The van der Waals surface area contributed by atoms with Crippen molar-refractivity contribution in [2.24, 2.45) is 5.92 Å². The lowest BCUT2D eigenvalue weighted by Crippen LogP contribution is -2.46. The number of anilines is 1. The van der Waals surface area contributed by atoms with Crippen molar-refractivity contribution >= 4 is 21.6 Å². The van der Waals surface area contributed by atoms with Crippen molar-refractivity contribution in [1.29, 1.82) is 0 Å². The fraction of sp³-hybridized carbons (Fsp3) is 0.588. The largest absolute Gasteiger partial charge is 0.494 e. The van der Waals surface area contributed by atoms with E-state index in [2.05, 4.69) is 6.92 Å². The summed E-state index contributed by atoms with van der Waals surface area (Å²) in [6, 6.07) is 6.76. The Labute approximate surface area is 144 Å². The number of piperidine rings is 1. The summed E-state index contributed by atoms with van der Waals surface area (Å²) in [5.74, 6) is 0.978. The first-order valence-electron chi connectivity index (χ1n) is 8.29. The lowest BCUT2D eigenvalue weighted by Gasteiger charge is -2.33. The molecule has 1 heterocycles. The highest BCUT2D eigenvalue weighted by Crippen LogP contribution is 2.22. The molecule has 0 N–H and O–H groups in total. The third kappa shape index (κ3) is 4.87. The summed E-state index contributed by atoms with van der Waals surface area (Å²) in [6.07, 6.45) is 3.20. The molecule has 7 heteroatoms. The van der Waals surface area contributed by atoms with Gasteiger partial charge in [0.25, 0.3) is 0 Å². The van der Waals surface area contributed by atoms with Crippen molar-refractivity contribution in [3.05, 3.63) is 24.3 Å². The highest BCUT2D eigenvalue weighted by atomic mass is 32.2. The Morgan fingerprint density at radius 1 is 1.33 bits per heavy atom. The van der Waals surface area contributed by atoms with E-state index in [0.717, 1.165) is 23.4 Å². The van der Waals surface area contributed by atoms with Gasteiger partial charge in [0.15, 0.2) is 0 Å². The van der Waals surface area contributed by atoms with Crippen LogP contribution in [0.1, 0.15) is 26.7 Å². The maximum atomic E-state index is 12.5. The predicted molar refractivity (Wildman–Crippen MR) is 94.8 cm³/mol. The molecule has 24 heavy (non-hydrogen) atoms. The van der Waals surface area contributed by atoms with Crippen LogP contribution in [0.15, 0.2) is 24.3 Å². The Morgan fingerprint density at radius 2 is 2.00 bits per heavy atom. The van der Waals surface area contributed by atoms with Gasteiger partial charge in [-0.25, -0.2) is 8.42 Å². The zero-order valence-electron chi connectivity index (χ0n) is 14.6. The molecule has 0 bridgehead atoms. The topological polar surface area (TPSA) is 66.9 Å². The number of benzene rings is 1. The summed E-state index contributed by atoms with van der Waals surface area (Å²) in [6.45, 7) is 5.76. The highest BCUT2D eigenvalue weighted by Gasteiger charge is 2.26. The lowest BCUT2D eigenvalue weighted by molar-refractivity contribution is -0.131. The summed E-state index contributed by atoms with van der Waals surface area (Å²) in [7, 11) is -3.55. The van der Waals surface area contributed by atoms with Crippen LogP contribution < -0.4 is 9.04 Å². The van der Waals surface area contributed by atoms with Gasteiger partial charge in [-0.2, -0.15) is 0 Å². The molecule has 0 unspecified atom stereocenters. The minimum atomic E-state index is -3.55. The van der Waals surface area contributed by atoms with Crippen molar-refractivity contribution < 1.29 is 17.9 Å². The highest BCUT2D eigenvalue weighted by molar-refractivity contribution is 7.92. The van der Waals surface area contributed by atoms with Gasteiger partial charge in [0.1, 0.15) is 12.3 Å². The zero-order chi connectivity index (χ0) is 17.7. The van der Waals surface area contributed by atoms with Crippen LogP contribution in [0, 0.1) is 5.92 Å². The van der Waals surface area contributed by atoms with Gasteiger partial charge in [0.05, 0.1) is 18.6 Å². The number of rotatable bonds is 6. The first-order chi connectivity index (χ1) is 11.3. The second-order valence-corrected chi connectivity index (χ2v) is 8.19. The van der Waals surface area contributed by atoms with Crippen LogP contribution >= 0.6 is 0 Å². The Morgan fingerprint density at radius 3 is 2.54 bits per heavy atom. The van der Waals surface area contributed by atoms with E-state index in [1.165, 1.54) is 0 Å². The number of hydrogen-bond acceptors (Lipinski definition) is 4. The van der Waals surface area contributed by atoms with Crippen LogP contribution in [-0.4, -0.2) is 51.7 Å². The average molecular weight is 354 g/mol. The molecule has 0 spiro atoms. The summed E-state index contributed by atoms with van der Waals surface area (Å²) >= 11 is 0.